The number of aliphatic hydroxyl groups is 1. The molecule has 0 saturated carbocycles. The summed E-state index contributed by atoms with van der Waals surface area (Å²) in [6.07, 6.45) is 1.20. The number of aliphatic imine (C=N–C) groups is 1. The maximum Gasteiger partial charge on any atom is 0.348 e. The van der Waals surface area contributed by atoms with Crippen LogP contribution in [0.1, 0.15) is 13.8 Å². The number of rotatable bonds is 1. The number of nitrogens with zero attached hydrogens (tertiary/aromatic N) is 1. The molecule has 1 heterocycles. The summed E-state index contributed by atoms with van der Waals surface area (Å²) in [4.78, 5) is 14.9. The van der Waals surface area contributed by atoms with Gasteiger partial charge in [0.25, 0.3) is 0 Å². The van der Waals surface area contributed by atoms with E-state index in [1.165, 1.54) is 13.3 Å². The van der Waals surface area contributed by atoms with Crippen LogP contribution in [-0.2, 0) is 9.53 Å². The Morgan fingerprint density at radius 1 is 1.67 bits per heavy atom. The maximum atomic E-state index is 11.1. The minimum Gasteiger partial charge on any atom is -0.466 e. The van der Waals surface area contributed by atoms with Crippen LogP contribution in [0.25, 0.3) is 0 Å². The quantitative estimate of drug-likeness (QED) is 0.573. The molecule has 1 aliphatic heterocycles. The fourth-order valence-electron chi connectivity index (χ4n) is 1.02. The summed E-state index contributed by atoms with van der Waals surface area (Å²) < 4.78 is 4.44. The minimum absolute atomic E-state index is 0.523. The van der Waals surface area contributed by atoms with Gasteiger partial charge in [0, 0.05) is 5.70 Å². The average Bonchev–Trinajstić information content (AvgIpc) is 2.33. The van der Waals surface area contributed by atoms with Gasteiger partial charge in [-0.25, -0.2) is 4.79 Å². The van der Waals surface area contributed by atoms with Crippen LogP contribution in [0.4, 0.5) is 0 Å². The van der Waals surface area contributed by atoms with E-state index in [4.69, 9.17) is 0 Å². The standard InChI is InChI=1S/C8H11NO3/c1-5-6(2)9-4-8(5,11)7(10)12-3/h4,11H,1-3H3. The number of carbonyl (C=O) groups excluding carboxylic acids is 1. The second-order valence-electron chi connectivity index (χ2n) is 2.73. The molecule has 4 nitrogen and oxygen atoms in total. The molecule has 4 heteroatoms. The van der Waals surface area contributed by atoms with Crippen LogP contribution in [0.15, 0.2) is 16.3 Å². The minimum atomic E-state index is -1.64. The van der Waals surface area contributed by atoms with E-state index in [9.17, 15) is 9.90 Å². The van der Waals surface area contributed by atoms with Crippen molar-refractivity contribution >= 4 is 12.2 Å². The van der Waals surface area contributed by atoms with E-state index in [0.29, 0.717) is 11.3 Å². The molecular weight excluding hydrogens is 158 g/mol. The lowest BCUT2D eigenvalue weighted by atomic mass is 9.97. The van der Waals surface area contributed by atoms with Crippen molar-refractivity contribution in [2.75, 3.05) is 7.11 Å². The zero-order chi connectivity index (χ0) is 9.35. The molecule has 0 aromatic rings. The first-order chi connectivity index (χ1) is 5.52. The van der Waals surface area contributed by atoms with Gasteiger partial charge >= 0.3 is 5.97 Å². The highest BCUT2D eigenvalue weighted by Crippen LogP contribution is 2.25. The molecular formula is C8H11NO3. The third-order valence-corrected chi connectivity index (χ3v) is 2.06. The van der Waals surface area contributed by atoms with Gasteiger partial charge in [0.1, 0.15) is 0 Å². The van der Waals surface area contributed by atoms with Crippen LogP contribution >= 0.6 is 0 Å². The van der Waals surface area contributed by atoms with Crippen LogP contribution < -0.4 is 0 Å². The van der Waals surface area contributed by atoms with Crippen molar-refractivity contribution < 1.29 is 14.6 Å². The summed E-state index contributed by atoms with van der Waals surface area (Å²) in [5.74, 6) is -0.694. The molecule has 0 aromatic heterocycles. The molecule has 0 amide bonds. The molecule has 1 atom stereocenters. The van der Waals surface area contributed by atoms with Crippen LogP contribution in [-0.4, -0.2) is 30.0 Å². The first-order valence-electron chi connectivity index (χ1n) is 3.56. The number of carbonyl (C=O) groups is 1. The highest BCUT2D eigenvalue weighted by molar-refractivity contribution is 6.04. The molecule has 1 rings (SSSR count). The Hall–Kier alpha value is -1.16. The van der Waals surface area contributed by atoms with Crippen LogP contribution in [0.5, 0.6) is 0 Å². The first kappa shape index (κ1) is 8.93. The van der Waals surface area contributed by atoms with Crippen LogP contribution in [0.3, 0.4) is 0 Å². The number of esters is 1. The van der Waals surface area contributed by atoms with Gasteiger partial charge < -0.3 is 9.84 Å². The van der Waals surface area contributed by atoms with E-state index < -0.39 is 11.6 Å². The Labute approximate surface area is 70.6 Å². The summed E-state index contributed by atoms with van der Waals surface area (Å²) in [5.41, 5.74) is -0.462. The van der Waals surface area contributed by atoms with Gasteiger partial charge in [-0.1, -0.05) is 0 Å². The molecule has 0 aliphatic carbocycles. The number of hydrogen-bond acceptors (Lipinski definition) is 4. The lowest BCUT2D eigenvalue weighted by Crippen LogP contribution is -2.40. The smallest absolute Gasteiger partial charge is 0.348 e. The molecule has 0 bridgehead atoms. The molecule has 0 fully saturated rings. The van der Waals surface area contributed by atoms with Gasteiger partial charge in [0.15, 0.2) is 0 Å². The summed E-state index contributed by atoms with van der Waals surface area (Å²) >= 11 is 0. The topological polar surface area (TPSA) is 58.9 Å². The predicted octanol–water partition coefficient (Wildman–Crippen LogP) is 0.269. The SMILES string of the molecule is COC(=O)C1(O)C=NC(C)=C1C. The fourth-order valence-corrected chi connectivity index (χ4v) is 1.02. The third kappa shape index (κ3) is 1.04. The molecule has 0 radical (unpaired) electrons. The van der Waals surface area contributed by atoms with Crippen molar-refractivity contribution in [1.82, 2.24) is 0 Å². The highest BCUT2D eigenvalue weighted by Gasteiger charge is 2.41. The second-order valence-corrected chi connectivity index (χ2v) is 2.73. The molecule has 0 spiro atoms. The van der Waals surface area contributed by atoms with Crippen molar-refractivity contribution in [3.8, 4) is 0 Å². The summed E-state index contributed by atoms with van der Waals surface area (Å²) in [5, 5.41) is 9.72. The summed E-state index contributed by atoms with van der Waals surface area (Å²) in [6.45, 7) is 3.38. The molecule has 0 aromatic carbocycles. The van der Waals surface area contributed by atoms with Gasteiger partial charge in [-0.3, -0.25) is 4.99 Å². The van der Waals surface area contributed by atoms with E-state index in [0.717, 1.165) is 0 Å². The van der Waals surface area contributed by atoms with Crippen molar-refractivity contribution in [3.05, 3.63) is 11.3 Å². The monoisotopic (exact) mass is 169 g/mol. The Balaban J connectivity index is 3.04. The molecule has 1 unspecified atom stereocenters. The Morgan fingerprint density at radius 2 is 2.25 bits per heavy atom. The van der Waals surface area contributed by atoms with Gasteiger partial charge in [-0.15, -0.1) is 0 Å². The Kier molecular flexibility index (Phi) is 2.02. The van der Waals surface area contributed by atoms with E-state index in [-0.39, 0.29) is 0 Å². The largest absolute Gasteiger partial charge is 0.466 e. The molecule has 1 N–H and O–H groups in total. The molecule has 66 valence electrons. The zero-order valence-corrected chi connectivity index (χ0v) is 7.29. The molecule has 1 aliphatic rings. The third-order valence-electron chi connectivity index (χ3n) is 2.06. The van der Waals surface area contributed by atoms with Crippen LogP contribution in [0.2, 0.25) is 0 Å². The van der Waals surface area contributed by atoms with Crippen molar-refractivity contribution in [3.63, 3.8) is 0 Å². The summed E-state index contributed by atoms with van der Waals surface area (Å²) in [7, 11) is 1.23. The molecule has 0 saturated heterocycles. The zero-order valence-electron chi connectivity index (χ0n) is 7.29. The number of hydrogen-bond donors (Lipinski definition) is 1. The van der Waals surface area contributed by atoms with Gasteiger partial charge in [-0.05, 0) is 19.4 Å². The average molecular weight is 169 g/mol. The summed E-state index contributed by atoms with van der Waals surface area (Å²) in [6, 6.07) is 0. The Bertz CT molecular complexity index is 280. The van der Waals surface area contributed by atoms with E-state index in [1.54, 1.807) is 13.8 Å². The van der Waals surface area contributed by atoms with Crippen molar-refractivity contribution in [1.29, 1.82) is 0 Å². The van der Waals surface area contributed by atoms with Gasteiger partial charge in [0.2, 0.25) is 5.60 Å². The lowest BCUT2D eigenvalue weighted by molar-refractivity contribution is -0.152. The van der Waals surface area contributed by atoms with E-state index in [1.807, 2.05) is 0 Å². The molecule has 12 heavy (non-hydrogen) atoms. The Morgan fingerprint density at radius 3 is 2.58 bits per heavy atom. The number of allylic oxidation sites excluding steroid dienone is 1. The first-order valence-corrected chi connectivity index (χ1v) is 3.56. The second kappa shape index (κ2) is 2.71. The lowest BCUT2D eigenvalue weighted by Gasteiger charge is -2.17. The predicted molar refractivity (Wildman–Crippen MR) is 43.8 cm³/mol. The number of ether oxygens (including phenoxy) is 1. The van der Waals surface area contributed by atoms with Crippen molar-refractivity contribution in [2.45, 2.75) is 19.4 Å². The van der Waals surface area contributed by atoms with Crippen molar-refractivity contribution in [2.24, 2.45) is 4.99 Å². The fraction of sp³-hybridized carbons (Fsp3) is 0.500. The van der Waals surface area contributed by atoms with Gasteiger partial charge in [-0.2, -0.15) is 0 Å². The van der Waals surface area contributed by atoms with Gasteiger partial charge in [0.05, 0.1) is 13.3 Å². The number of methoxy groups -OCH3 is 1. The van der Waals surface area contributed by atoms with Crippen LogP contribution in [0, 0.1) is 0 Å². The highest BCUT2D eigenvalue weighted by atomic mass is 16.5. The van der Waals surface area contributed by atoms with E-state index in [2.05, 4.69) is 9.73 Å². The maximum absolute atomic E-state index is 11.1. The van der Waals surface area contributed by atoms with E-state index >= 15 is 0 Å². The normalized spacial score (nSPS) is 28.0.